The van der Waals surface area contributed by atoms with Gasteiger partial charge in [0, 0.05) is 50.2 Å². The van der Waals surface area contributed by atoms with Crippen molar-refractivity contribution < 1.29 is 9.53 Å². The molecule has 2 aromatic heterocycles. The normalized spacial score (nSPS) is 18.3. The highest BCUT2D eigenvalue weighted by Gasteiger charge is 2.28. The van der Waals surface area contributed by atoms with E-state index in [0.29, 0.717) is 17.7 Å². The number of pyridine rings is 1. The molecule has 0 aliphatic carbocycles. The van der Waals surface area contributed by atoms with Gasteiger partial charge in [0.05, 0.1) is 16.8 Å². The van der Waals surface area contributed by atoms with Gasteiger partial charge in [-0.15, -0.1) is 0 Å². The first kappa shape index (κ1) is 20.4. The number of carbonyl (C=O) groups is 1. The van der Waals surface area contributed by atoms with E-state index in [0.717, 1.165) is 54.4 Å². The second kappa shape index (κ2) is 8.19. The molecule has 32 heavy (non-hydrogen) atoms. The summed E-state index contributed by atoms with van der Waals surface area (Å²) in [5.41, 5.74) is 6.51. The fourth-order valence-corrected chi connectivity index (χ4v) is 4.51. The first-order valence-corrected chi connectivity index (χ1v) is 10.7. The highest BCUT2D eigenvalue weighted by atomic mass is 16.5. The third-order valence-electron chi connectivity index (χ3n) is 6.35. The van der Waals surface area contributed by atoms with E-state index < -0.39 is 0 Å². The van der Waals surface area contributed by atoms with Crippen LogP contribution in [0, 0.1) is 25.2 Å². The van der Waals surface area contributed by atoms with Crippen molar-refractivity contribution in [3.63, 3.8) is 0 Å². The van der Waals surface area contributed by atoms with Crippen LogP contribution in [0.4, 0.5) is 0 Å². The van der Waals surface area contributed by atoms with Gasteiger partial charge in [0.2, 0.25) is 0 Å². The van der Waals surface area contributed by atoms with Gasteiger partial charge in [-0.05, 0) is 42.7 Å². The largest absolute Gasteiger partial charge is 0.457 e. The van der Waals surface area contributed by atoms with Gasteiger partial charge in [0.1, 0.15) is 24.8 Å². The number of hydrogen-bond donors (Lipinski definition) is 1. The zero-order valence-corrected chi connectivity index (χ0v) is 18.1. The number of hydrogen-bond acceptors (Lipinski definition) is 7. The van der Waals surface area contributed by atoms with Crippen LogP contribution in [0.15, 0.2) is 36.9 Å². The summed E-state index contributed by atoms with van der Waals surface area (Å²) in [6, 6.07) is 8.18. The van der Waals surface area contributed by atoms with Crippen LogP contribution in [0.1, 0.15) is 49.9 Å². The Morgan fingerprint density at radius 1 is 1.31 bits per heavy atom. The Hall–Kier alpha value is -3.54. The number of fused-ring (bicyclic) bond motifs is 1. The van der Waals surface area contributed by atoms with E-state index in [1.54, 1.807) is 12.5 Å². The maximum atomic E-state index is 11.8. The SMILES string of the molecule is Cc1cc(-n2cnc(CN3CCN[C@H](c4ccc5c(c4C)COC5=O)C3)c2)ncc1C#N. The average molecular weight is 428 g/mol. The van der Waals surface area contributed by atoms with Crippen LogP contribution in [0.3, 0.4) is 0 Å². The van der Waals surface area contributed by atoms with Crippen LogP contribution < -0.4 is 5.32 Å². The summed E-state index contributed by atoms with van der Waals surface area (Å²) in [7, 11) is 0. The van der Waals surface area contributed by atoms with Crippen LogP contribution in [-0.2, 0) is 17.9 Å². The van der Waals surface area contributed by atoms with Gasteiger partial charge in [-0.25, -0.2) is 14.8 Å². The molecular formula is C24H24N6O2. The number of benzene rings is 1. The van der Waals surface area contributed by atoms with Crippen molar-refractivity contribution in [3.05, 3.63) is 76.0 Å². The number of nitrogens with zero attached hydrogens (tertiary/aromatic N) is 5. The number of imidazole rings is 1. The molecule has 8 nitrogen and oxygen atoms in total. The molecule has 162 valence electrons. The van der Waals surface area contributed by atoms with E-state index in [2.05, 4.69) is 39.2 Å². The van der Waals surface area contributed by atoms with E-state index in [-0.39, 0.29) is 12.0 Å². The number of ether oxygens (including phenoxy) is 1. The molecule has 0 unspecified atom stereocenters. The lowest BCUT2D eigenvalue weighted by molar-refractivity contribution is 0.0535. The van der Waals surface area contributed by atoms with Gasteiger partial charge < -0.3 is 10.1 Å². The Labute approximate surface area is 186 Å². The summed E-state index contributed by atoms with van der Waals surface area (Å²) in [6.07, 6.45) is 5.36. The van der Waals surface area contributed by atoms with Crippen LogP contribution >= 0.6 is 0 Å². The zero-order chi connectivity index (χ0) is 22.2. The molecule has 1 fully saturated rings. The summed E-state index contributed by atoms with van der Waals surface area (Å²) < 4.78 is 7.10. The van der Waals surface area contributed by atoms with Crippen LogP contribution in [-0.4, -0.2) is 45.0 Å². The van der Waals surface area contributed by atoms with Gasteiger partial charge in [-0.1, -0.05) is 6.07 Å². The van der Waals surface area contributed by atoms with Crippen molar-refractivity contribution in [1.82, 2.24) is 24.8 Å². The molecule has 4 heterocycles. The number of nitriles is 1. The Bertz CT molecular complexity index is 1240. The average Bonchev–Trinajstić information content (AvgIpc) is 3.41. The molecule has 1 N–H and O–H groups in total. The fourth-order valence-electron chi connectivity index (χ4n) is 4.51. The zero-order valence-electron chi connectivity index (χ0n) is 18.1. The molecule has 2 aliphatic rings. The summed E-state index contributed by atoms with van der Waals surface area (Å²) in [5, 5.41) is 12.7. The lowest BCUT2D eigenvalue weighted by Gasteiger charge is -2.34. The van der Waals surface area contributed by atoms with Gasteiger partial charge in [-0.2, -0.15) is 5.26 Å². The minimum atomic E-state index is -0.226. The molecule has 1 saturated heterocycles. The third-order valence-corrected chi connectivity index (χ3v) is 6.35. The molecule has 0 saturated carbocycles. The molecule has 1 aromatic carbocycles. The van der Waals surface area contributed by atoms with Crippen LogP contribution in [0.25, 0.3) is 5.82 Å². The predicted molar refractivity (Wildman–Crippen MR) is 117 cm³/mol. The van der Waals surface area contributed by atoms with Gasteiger partial charge in [0.15, 0.2) is 0 Å². The molecule has 0 amide bonds. The standard InChI is InChI=1S/C24H24N6O2/c1-15-7-23(27-9-17(15)8-25)30-11-18(28-14-30)10-29-6-5-26-22(12-29)19-3-4-20-21(16(19)2)13-32-24(20)31/h3-4,7,9,11,14,22,26H,5-6,10,12-13H2,1-2H3/t22-/m0/s1. The Kier molecular flexibility index (Phi) is 5.21. The van der Waals surface area contributed by atoms with Crippen molar-refractivity contribution in [3.8, 4) is 11.9 Å². The maximum absolute atomic E-state index is 11.8. The quantitative estimate of drug-likeness (QED) is 0.638. The molecule has 0 spiro atoms. The van der Waals surface area contributed by atoms with Crippen molar-refractivity contribution >= 4 is 5.97 Å². The summed E-state index contributed by atoms with van der Waals surface area (Å²) in [6.45, 7) is 7.76. The fraction of sp³-hybridized carbons (Fsp3) is 0.333. The molecule has 5 rings (SSSR count). The first-order valence-electron chi connectivity index (χ1n) is 10.7. The van der Waals surface area contributed by atoms with Crippen LogP contribution in [0.5, 0.6) is 0 Å². The number of esters is 1. The minimum absolute atomic E-state index is 0.190. The monoisotopic (exact) mass is 428 g/mol. The minimum Gasteiger partial charge on any atom is -0.457 e. The summed E-state index contributed by atoms with van der Waals surface area (Å²) in [5.74, 6) is 0.527. The van der Waals surface area contributed by atoms with Gasteiger partial charge >= 0.3 is 5.97 Å². The van der Waals surface area contributed by atoms with E-state index in [4.69, 9.17) is 10.00 Å². The van der Waals surface area contributed by atoms with Crippen molar-refractivity contribution in [1.29, 1.82) is 5.26 Å². The molecule has 3 aromatic rings. The Morgan fingerprint density at radius 3 is 3.00 bits per heavy atom. The summed E-state index contributed by atoms with van der Waals surface area (Å²) >= 11 is 0. The lowest BCUT2D eigenvalue weighted by Crippen LogP contribution is -2.45. The number of cyclic esters (lactones) is 1. The summed E-state index contributed by atoms with van der Waals surface area (Å²) in [4.78, 5) is 23.2. The van der Waals surface area contributed by atoms with Crippen molar-refractivity contribution in [2.24, 2.45) is 0 Å². The molecule has 2 aliphatic heterocycles. The maximum Gasteiger partial charge on any atom is 0.338 e. The number of piperazine rings is 1. The smallest absolute Gasteiger partial charge is 0.338 e. The van der Waals surface area contributed by atoms with Gasteiger partial charge in [0.25, 0.3) is 0 Å². The highest BCUT2D eigenvalue weighted by molar-refractivity contribution is 5.94. The van der Waals surface area contributed by atoms with Crippen molar-refractivity contribution in [2.45, 2.75) is 33.0 Å². The van der Waals surface area contributed by atoms with E-state index in [9.17, 15) is 4.79 Å². The topological polar surface area (TPSA) is 96.1 Å². The van der Waals surface area contributed by atoms with Crippen LogP contribution in [0.2, 0.25) is 0 Å². The number of aromatic nitrogens is 3. The second-order valence-electron chi connectivity index (χ2n) is 8.37. The number of rotatable bonds is 4. The number of nitrogens with one attached hydrogen (secondary N) is 1. The Morgan fingerprint density at radius 2 is 2.19 bits per heavy atom. The molecule has 0 radical (unpaired) electrons. The van der Waals surface area contributed by atoms with E-state index in [1.807, 2.05) is 29.8 Å². The van der Waals surface area contributed by atoms with Crippen molar-refractivity contribution in [2.75, 3.05) is 19.6 Å². The lowest BCUT2D eigenvalue weighted by atomic mass is 9.93. The molecular weight excluding hydrogens is 404 g/mol. The Balaban J connectivity index is 1.30. The first-order chi connectivity index (χ1) is 15.5. The van der Waals surface area contributed by atoms with E-state index in [1.165, 1.54) is 5.56 Å². The number of aryl methyl sites for hydroxylation is 1. The second-order valence-corrected chi connectivity index (χ2v) is 8.37. The predicted octanol–water partition coefficient (Wildman–Crippen LogP) is 2.57. The molecule has 0 bridgehead atoms. The van der Waals surface area contributed by atoms with E-state index >= 15 is 0 Å². The molecule has 8 heteroatoms. The molecule has 1 atom stereocenters. The van der Waals surface area contributed by atoms with Gasteiger partial charge in [-0.3, -0.25) is 9.47 Å². The number of carbonyl (C=O) groups excluding carboxylic acids is 1. The third kappa shape index (κ3) is 3.66. The highest BCUT2D eigenvalue weighted by Crippen LogP contribution is 2.30.